The number of nitrogens with zero attached hydrogens (tertiary/aromatic N) is 2. The number of hydrogen-bond donors (Lipinski definition) is 2. The number of anilines is 1. The number of amides is 1. The van der Waals surface area contributed by atoms with Gasteiger partial charge in [-0.15, -0.1) is 11.8 Å². The molecule has 0 aliphatic carbocycles. The van der Waals surface area contributed by atoms with Gasteiger partial charge in [-0.25, -0.2) is 4.98 Å². The van der Waals surface area contributed by atoms with Crippen LogP contribution in [0.25, 0.3) is 11.1 Å². The van der Waals surface area contributed by atoms with Gasteiger partial charge in [0, 0.05) is 28.2 Å². The molecule has 2 heterocycles. The Morgan fingerprint density at radius 3 is 2.19 bits per heavy atom. The molecule has 0 bridgehead atoms. The molecule has 1 aliphatic rings. The molecule has 5 nitrogen and oxygen atoms in total. The maximum atomic E-state index is 13.3. The standard InChI is InChI=1S/C28H22Cl2N2O3S/c29-21-8-1-18(2-9-21)24(34)16-36-27-26(19-5-12-23(33)13-6-19)32(28(27)35)22-10-3-17(4-11-22)20-7-14-25(30)31-15-20/h1-15,24,26-27,33-34H,16H2/t24-,26+,27+/m0/s1. The molecule has 1 aliphatic heterocycles. The number of aliphatic hydroxyl groups is 1. The van der Waals surface area contributed by atoms with Gasteiger partial charge in [0.2, 0.25) is 5.91 Å². The Bertz CT molecular complexity index is 1350. The Kier molecular flexibility index (Phi) is 7.21. The van der Waals surface area contributed by atoms with Crippen molar-refractivity contribution in [2.24, 2.45) is 0 Å². The smallest absolute Gasteiger partial charge is 0.243 e. The zero-order valence-electron chi connectivity index (χ0n) is 19.0. The second-order valence-corrected chi connectivity index (χ2v) is 10.5. The molecule has 1 saturated heterocycles. The van der Waals surface area contributed by atoms with Crippen molar-refractivity contribution in [1.29, 1.82) is 0 Å². The summed E-state index contributed by atoms with van der Waals surface area (Å²) < 4.78 is 0. The van der Waals surface area contributed by atoms with E-state index in [4.69, 9.17) is 23.2 Å². The molecular weight excluding hydrogens is 515 g/mol. The Balaban J connectivity index is 1.37. The minimum Gasteiger partial charge on any atom is -0.508 e. The monoisotopic (exact) mass is 536 g/mol. The first-order valence-electron chi connectivity index (χ1n) is 11.3. The van der Waals surface area contributed by atoms with Crippen molar-refractivity contribution < 1.29 is 15.0 Å². The molecule has 1 amide bonds. The first-order chi connectivity index (χ1) is 17.4. The fourth-order valence-corrected chi connectivity index (χ4v) is 5.78. The number of β-lactam (4-membered cyclic amide) rings is 1. The molecule has 36 heavy (non-hydrogen) atoms. The molecule has 1 fully saturated rings. The van der Waals surface area contributed by atoms with Crippen molar-refractivity contribution in [2.45, 2.75) is 17.4 Å². The molecule has 0 spiro atoms. The quantitative estimate of drug-likeness (QED) is 0.203. The fraction of sp³-hybridized carbons (Fsp3) is 0.143. The van der Waals surface area contributed by atoms with Crippen LogP contribution in [0.1, 0.15) is 23.3 Å². The van der Waals surface area contributed by atoms with E-state index in [9.17, 15) is 15.0 Å². The first kappa shape index (κ1) is 24.7. The number of hydrogen-bond acceptors (Lipinski definition) is 5. The predicted octanol–water partition coefficient (Wildman–Crippen LogP) is 6.68. The first-order valence-corrected chi connectivity index (χ1v) is 13.1. The van der Waals surface area contributed by atoms with Crippen LogP contribution < -0.4 is 4.90 Å². The Morgan fingerprint density at radius 1 is 0.889 bits per heavy atom. The van der Waals surface area contributed by atoms with Crippen LogP contribution >= 0.6 is 35.0 Å². The van der Waals surface area contributed by atoms with Crippen molar-refractivity contribution in [3.63, 3.8) is 0 Å². The number of halogens is 2. The molecule has 2 N–H and O–H groups in total. The maximum Gasteiger partial charge on any atom is 0.243 e. The van der Waals surface area contributed by atoms with Gasteiger partial charge < -0.3 is 15.1 Å². The second kappa shape index (κ2) is 10.5. The van der Waals surface area contributed by atoms with Crippen LogP contribution in [-0.2, 0) is 4.79 Å². The third-order valence-electron chi connectivity index (χ3n) is 6.18. The van der Waals surface area contributed by atoms with Crippen LogP contribution in [0.15, 0.2) is 91.1 Å². The fourth-order valence-electron chi connectivity index (χ4n) is 4.25. The van der Waals surface area contributed by atoms with E-state index >= 15 is 0 Å². The number of aromatic hydroxyl groups is 1. The second-order valence-electron chi connectivity index (χ2n) is 8.48. The minimum atomic E-state index is -0.721. The van der Waals surface area contributed by atoms with Crippen LogP contribution in [0.2, 0.25) is 10.2 Å². The highest BCUT2D eigenvalue weighted by Crippen LogP contribution is 2.46. The highest BCUT2D eigenvalue weighted by molar-refractivity contribution is 8.00. The summed E-state index contributed by atoms with van der Waals surface area (Å²) >= 11 is 13.3. The Hall–Kier alpha value is -3.03. The third-order valence-corrected chi connectivity index (χ3v) is 7.98. The average molecular weight is 537 g/mol. The van der Waals surface area contributed by atoms with E-state index < -0.39 is 6.10 Å². The number of thioether (sulfide) groups is 1. The molecule has 4 aromatic rings. The van der Waals surface area contributed by atoms with E-state index in [0.717, 1.165) is 27.9 Å². The molecule has 3 aromatic carbocycles. The molecule has 1 aromatic heterocycles. The lowest BCUT2D eigenvalue weighted by molar-refractivity contribution is -0.123. The number of rotatable bonds is 7. The van der Waals surface area contributed by atoms with E-state index in [2.05, 4.69) is 4.98 Å². The van der Waals surface area contributed by atoms with Gasteiger partial charge >= 0.3 is 0 Å². The van der Waals surface area contributed by atoms with Crippen molar-refractivity contribution in [2.75, 3.05) is 10.7 Å². The number of carbonyl (C=O) groups excluding carboxylic acids is 1. The molecule has 8 heteroatoms. The van der Waals surface area contributed by atoms with Crippen molar-refractivity contribution >= 4 is 46.6 Å². The Morgan fingerprint density at radius 2 is 1.56 bits per heavy atom. The summed E-state index contributed by atoms with van der Waals surface area (Å²) in [6.07, 6.45) is 0.992. The predicted molar refractivity (Wildman–Crippen MR) is 146 cm³/mol. The van der Waals surface area contributed by atoms with E-state index in [-0.39, 0.29) is 22.9 Å². The Labute approximate surface area is 223 Å². The van der Waals surface area contributed by atoms with Crippen LogP contribution in [-0.4, -0.2) is 32.1 Å². The summed E-state index contributed by atoms with van der Waals surface area (Å²) in [5, 5.41) is 21.1. The van der Waals surface area contributed by atoms with E-state index in [1.807, 2.05) is 42.5 Å². The summed E-state index contributed by atoms with van der Waals surface area (Å²) in [5.74, 6) is 0.504. The summed E-state index contributed by atoms with van der Waals surface area (Å²) in [4.78, 5) is 19.2. The average Bonchev–Trinajstić information content (AvgIpc) is 2.89. The largest absolute Gasteiger partial charge is 0.508 e. The highest BCUT2D eigenvalue weighted by Gasteiger charge is 2.49. The highest BCUT2D eigenvalue weighted by atomic mass is 35.5. The molecule has 0 radical (unpaired) electrons. The third kappa shape index (κ3) is 5.08. The molecule has 182 valence electrons. The van der Waals surface area contributed by atoms with E-state index in [1.54, 1.807) is 53.6 Å². The van der Waals surface area contributed by atoms with Crippen LogP contribution in [0.5, 0.6) is 5.75 Å². The number of benzene rings is 3. The number of phenolic OH excluding ortho intramolecular Hbond substituents is 1. The van der Waals surface area contributed by atoms with E-state index in [1.165, 1.54) is 11.8 Å². The van der Waals surface area contributed by atoms with Crippen molar-refractivity contribution in [1.82, 2.24) is 4.98 Å². The molecular formula is C28H22Cl2N2O3S. The summed E-state index contributed by atoms with van der Waals surface area (Å²) in [7, 11) is 0. The SMILES string of the molecule is O=C1[C@H](SC[C@H](O)c2ccc(Cl)cc2)[C@@H](c2ccc(O)cc2)N1c1ccc(-c2ccc(Cl)nc2)cc1. The zero-order chi connectivity index (χ0) is 25.2. The van der Waals surface area contributed by atoms with Crippen LogP contribution in [0, 0.1) is 0 Å². The molecule has 0 saturated carbocycles. The number of pyridine rings is 1. The lowest BCUT2D eigenvalue weighted by Gasteiger charge is -2.47. The molecule has 0 unspecified atom stereocenters. The summed E-state index contributed by atoms with van der Waals surface area (Å²) in [5.41, 5.74) is 4.34. The van der Waals surface area contributed by atoms with Gasteiger partial charge in [0.25, 0.3) is 0 Å². The lowest BCUT2D eigenvalue weighted by Crippen LogP contribution is -2.57. The van der Waals surface area contributed by atoms with Gasteiger partial charge in [-0.05, 0) is 65.2 Å². The van der Waals surface area contributed by atoms with Gasteiger partial charge in [-0.2, -0.15) is 0 Å². The number of phenols is 1. The van der Waals surface area contributed by atoms with Crippen LogP contribution in [0.4, 0.5) is 5.69 Å². The van der Waals surface area contributed by atoms with Gasteiger partial charge in [0.15, 0.2) is 0 Å². The summed E-state index contributed by atoms with van der Waals surface area (Å²) in [6.45, 7) is 0. The van der Waals surface area contributed by atoms with Crippen molar-refractivity contribution in [3.8, 4) is 16.9 Å². The minimum absolute atomic E-state index is 0.0257. The normalized spacial score (nSPS) is 18.1. The van der Waals surface area contributed by atoms with Crippen LogP contribution in [0.3, 0.4) is 0 Å². The van der Waals surface area contributed by atoms with Gasteiger partial charge in [0.05, 0.1) is 12.1 Å². The summed E-state index contributed by atoms with van der Waals surface area (Å²) in [6, 6.07) is 25.1. The molecule has 5 rings (SSSR count). The van der Waals surface area contributed by atoms with Gasteiger partial charge in [-0.3, -0.25) is 4.79 Å². The van der Waals surface area contributed by atoms with E-state index in [0.29, 0.717) is 15.9 Å². The zero-order valence-corrected chi connectivity index (χ0v) is 21.3. The maximum absolute atomic E-state index is 13.3. The topological polar surface area (TPSA) is 73.7 Å². The number of aliphatic hydroxyl groups excluding tert-OH is 1. The lowest BCUT2D eigenvalue weighted by atomic mass is 9.92. The molecule has 3 atom stereocenters. The number of aromatic nitrogens is 1. The van der Waals surface area contributed by atoms with Crippen molar-refractivity contribution in [3.05, 3.63) is 112 Å². The number of carbonyl (C=O) groups is 1. The van der Waals surface area contributed by atoms with Gasteiger partial charge in [0.1, 0.15) is 16.2 Å². The van der Waals surface area contributed by atoms with Gasteiger partial charge in [-0.1, -0.05) is 59.6 Å².